The van der Waals surface area contributed by atoms with Crippen molar-refractivity contribution in [2.24, 2.45) is 5.73 Å². The Balaban J connectivity index is 1.76. The lowest BCUT2D eigenvalue weighted by Crippen LogP contribution is -2.40. The maximum atomic E-state index is 6.09. The van der Waals surface area contributed by atoms with Crippen molar-refractivity contribution in [3.8, 4) is 0 Å². The molecule has 3 rings (SSSR count). The zero-order valence-electron chi connectivity index (χ0n) is 12.0. The topological polar surface area (TPSA) is 32.5 Å². The Hall–Kier alpha value is -0.420. The molecule has 2 heterocycles. The average molecular weight is 338 g/mol. The van der Waals surface area contributed by atoms with E-state index in [0.29, 0.717) is 12.6 Å². The SMILES string of the molecule is NCC(c1ccc(Br)cc1)N1CCCN2CCCC2C1. The smallest absolute Gasteiger partial charge is 0.0471 e. The van der Waals surface area contributed by atoms with Crippen LogP contribution >= 0.6 is 15.9 Å². The van der Waals surface area contributed by atoms with E-state index in [4.69, 9.17) is 5.73 Å². The number of hydrogen-bond acceptors (Lipinski definition) is 3. The third-order valence-corrected chi connectivity index (χ3v) is 5.28. The standard InChI is InChI=1S/C16H24BrN3/c17-14-6-4-13(5-7-14)16(11-18)20-10-2-9-19-8-1-3-15(19)12-20/h4-7,15-16H,1-3,8-12,18H2. The molecule has 1 aromatic rings. The van der Waals surface area contributed by atoms with E-state index in [0.717, 1.165) is 10.5 Å². The largest absolute Gasteiger partial charge is 0.329 e. The van der Waals surface area contributed by atoms with Gasteiger partial charge in [-0.05, 0) is 50.0 Å². The monoisotopic (exact) mass is 337 g/mol. The normalized spacial score (nSPS) is 26.2. The van der Waals surface area contributed by atoms with Crippen LogP contribution in [0.3, 0.4) is 0 Å². The van der Waals surface area contributed by atoms with Crippen LogP contribution in [0.15, 0.2) is 28.7 Å². The molecule has 4 heteroatoms. The van der Waals surface area contributed by atoms with Crippen molar-refractivity contribution in [3.05, 3.63) is 34.3 Å². The first-order valence-corrected chi connectivity index (χ1v) is 8.51. The maximum absolute atomic E-state index is 6.09. The zero-order valence-corrected chi connectivity index (χ0v) is 13.6. The van der Waals surface area contributed by atoms with Gasteiger partial charge in [0.05, 0.1) is 0 Å². The van der Waals surface area contributed by atoms with Crippen LogP contribution in [0.2, 0.25) is 0 Å². The summed E-state index contributed by atoms with van der Waals surface area (Å²) in [6, 6.07) is 9.78. The quantitative estimate of drug-likeness (QED) is 0.920. The Morgan fingerprint density at radius 1 is 1.15 bits per heavy atom. The lowest BCUT2D eigenvalue weighted by molar-refractivity contribution is 0.176. The van der Waals surface area contributed by atoms with Gasteiger partial charge in [0.2, 0.25) is 0 Å². The highest BCUT2D eigenvalue weighted by atomic mass is 79.9. The number of rotatable bonds is 3. The van der Waals surface area contributed by atoms with Crippen molar-refractivity contribution < 1.29 is 0 Å². The minimum atomic E-state index is 0.364. The van der Waals surface area contributed by atoms with Gasteiger partial charge in [-0.1, -0.05) is 28.1 Å². The highest BCUT2D eigenvalue weighted by Gasteiger charge is 2.31. The first-order valence-electron chi connectivity index (χ1n) is 7.71. The van der Waals surface area contributed by atoms with E-state index in [1.807, 2.05) is 0 Å². The second kappa shape index (κ2) is 6.56. The van der Waals surface area contributed by atoms with Crippen LogP contribution in [-0.4, -0.2) is 48.6 Å². The first kappa shape index (κ1) is 14.5. The van der Waals surface area contributed by atoms with E-state index in [1.54, 1.807) is 0 Å². The van der Waals surface area contributed by atoms with E-state index in [9.17, 15) is 0 Å². The summed E-state index contributed by atoms with van der Waals surface area (Å²) in [5, 5.41) is 0. The number of benzene rings is 1. The highest BCUT2D eigenvalue weighted by molar-refractivity contribution is 9.10. The van der Waals surface area contributed by atoms with Gasteiger partial charge in [0.1, 0.15) is 0 Å². The van der Waals surface area contributed by atoms with Crippen molar-refractivity contribution in [1.82, 2.24) is 9.80 Å². The Labute approximate surface area is 130 Å². The molecule has 110 valence electrons. The summed E-state index contributed by atoms with van der Waals surface area (Å²) in [5.41, 5.74) is 7.44. The fourth-order valence-electron chi connectivity index (χ4n) is 3.70. The molecule has 0 radical (unpaired) electrons. The number of nitrogens with two attached hydrogens (primary N) is 1. The summed E-state index contributed by atoms with van der Waals surface area (Å²) < 4.78 is 1.13. The molecule has 0 spiro atoms. The molecule has 2 atom stereocenters. The molecule has 2 aliphatic rings. The van der Waals surface area contributed by atoms with Crippen LogP contribution in [0, 0.1) is 0 Å². The van der Waals surface area contributed by atoms with Gasteiger partial charge in [0, 0.05) is 36.2 Å². The van der Waals surface area contributed by atoms with E-state index < -0.39 is 0 Å². The van der Waals surface area contributed by atoms with Crippen LogP contribution in [0.1, 0.15) is 30.9 Å². The molecule has 3 nitrogen and oxygen atoms in total. The Morgan fingerprint density at radius 3 is 2.65 bits per heavy atom. The molecule has 2 N–H and O–H groups in total. The number of nitrogens with zero attached hydrogens (tertiary/aromatic N) is 2. The van der Waals surface area contributed by atoms with Crippen molar-refractivity contribution >= 4 is 15.9 Å². The van der Waals surface area contributed by atoms with Crippen molar-refractivity contribution in [2.75, 3.05) is 32.7 Å². The molecule has 0 saturated carbocycles. The molecule has 0 amide bonds. The molecule has 0 aromatic heterocycles. The second-order valence-electron chi connectivity index (χ2n) is 5.98. The molecule has 1 aromatic carbocycles. The number of hydrogen-bond donors (Lipinski definition) is 1. The Bertz CT molecular complexity index is 434. The number of halogens is 1. The van der Waals surface area contributed by atoms with Gasteiger partial charge in [0.25, 0.3) is 0 Å². The minimum Gasteiger partial charge on any atom is -0.329 e. The van der Waals surface area contributed by atoms with E-state index in [2.05, 4.69) is 50.0 Å². The van der Waals surface area contributed by atoms with Crippen LogP contribution in [0.25, 0.3) is 0 Å². The predicted octanol–water partition coefficient (Wildman–Crippen LogP) is 2.62. The third kappa shape index (κ3) is 3.08. The first-order chi connectivity index (χ1) is 9.78. The van der Waals surface area contributed by atoms with Crippen LogP contribution in [0.5, 0.6) is 0 Å². The second-order valence-corrected chi connectivity index (χ2v) is 6.90. The molecule has 2 unspecified atom stereocenters. The number of fused-ring (bicyclic) bond motifs is 1. The molecular formula is C16H24BrN3. The van der Waals surface area contributed by atoms with Crippen molar-refractivity contribution in [1.29, 1.82) is 0 Å². The van der Waals surface area contributed by atoms with Gasteiger partial charge in [-0.2, -0.15) is 0 Å². The van der Waals surface area contributed by atoms with Gasteiger partial charge in [-0.25, -0.2) is 0 Å². The van der Waals surface area contributed by atoms with E-state index >= 15 is 0 Å². The Kier molecular flexibility index (Phi) is 4.76. The molecule has 2 saturated heterocycles. The summed E-state index contributed by atoms with van der Waals surface area (Å²) in [6.07, 6.45) is 3.99. The Morgan fingerprint density at radius 2 is 1.90 bits per heavy atom. The molecule has 0 bridgehead atoms. The van der Waals surface area contributed by atoms with Gasteiger partial charge >= 0.3 is 0 Å². The zero-order chi connectivity index (χ0) is 13.9. The lowest BCUT2D eigenvalue weighted by atomic mass is 10.0. The fourth-order valence-corrected chi connectivity index (χ4v) is 3.96. The maximum Gasteiger partial charge on any atom is 0.0471 e. The van der Waals surface area contributed by atoms with Crippen LogP contribution in [-0.2, 0) is 0 Å². The summed E-state index contributed by atoms with van der Waals surface area (Å²) in [5.74, 6) is 0. The summed E-state index contributed by atoms with van der Waals surface area (Å²) >= 11 is 3.51. The van der Waals surface area contributed by atoms with Crippen LogP contribution < -0.4 is 5.73 Å². The molecule has 0 aliphatic carbocycles. The summed E-state index contributed by atoms with van der Waals surface area (Å²) in [6.45, 7) is 5.61. The minimum absolute atomic E-state index is 0.364. The van der Waals surface area contributed by atoms with Crippen LogP contribution in [0.4, 0.5) is 0 Å². The fraction of sp³-hybridized carbons (Fsp3) is 0.625. The molecule has 20 heavy (non-hydrogen) atoms. The summed E-state index contributed by atoms with van der Waals surface area (Å²) in [4.78, 5) is 5.29. The van der Waals surface area contributed by atoms with Crippen molar-refractivity contribution in [3.63, 3.8) is 0 Å². The predicted molar refractivity (Wildman–Crippen MR) is 86.7 cm³/mol. The molecule has 2 fully saturated rings. The van der Waals surface area contributed by atoms with E-state index in [1.165, 1.54) is 51.0 Å². The molecular weight excluding hydrogens is 314 g/mol. The van der Waals surface area contributed by atoms with Gasteiger partial charge in [-0.15, -0.1) is 0 Å². The van der Waals surface area contributed by atoms with Gasteiger partial charge in [-0.3, -0.25) is 9.80 Å². The summed E-state index contributed by atoms with van der Waals surface area (Å²) in [7, 11) is 0. The average Bonchev–Trinajstić information content (AvgIpc) is 2.80. The molecule has 2 aliphatic heterocycles. The third-order valence-electron chi connectivity index (χ3n) is 4.75. The van der Waals surface area contributed by atoms with Gasteiger partial charge in [0.15, 0.2) is 0 Å². The lowest BCUT2D eigenvalue weighted by Gasteiger charge is -2.32. The van der Waals surface area contributed by atoms with Crippen molar-refractivity contribution in [2.45, 2.75) is 31.3 Å². The van der Waals surface area contributed by atoms with E-state index in [-0.39, 0.29) is 0 Å². The van der Waals surface area contributed by atoms with Gasteiger partial charge < -0.3 is 5.73 Å². The highest BCUT2D eigenvalue weighted by Crippen LogP contribution is 2.27.